The number of carbonyl (C=O) groups is 1. The van der Waals surface area contributed by atoms with Gasteiger partial charge in [0.1, 0.15) is 0 Å². The standard InChI is InChI=1S/C18H17N9O/c19-16(28)10-3-4-11(8-10)22-18-21-9-14-17(24-18)27(26-25-14)15-6-5-12-13(23-15)2-1-7-20-12/h1-2,5-7,9-11H,3-4,8H2,(H2,19,28)(H,21,22,24)/t10-,11?/m1/s1. The zero-order valence-electron chi connectivity index (χ0n) is 14.9. The molecule has 0 spiro atoms. The fourth-order valence-corrected chi connectivity index (χ4v) is 3.57. The van der Waals surface area contributed by atoms with Crippen LogP contribution in [0.2, 0.25) is 0 Å². The van der Waals surface area contributed by atoms with Crippen LogP contribution in [-0.4, -0.2) is 46.9 Å². The lowest BCUT2D eigenvalue weighted by molar-refractivity contribution is -0.121. The average Bonchev–Trinajstić information content (AvgIpc) is 3.34. The van der Waals surface area contributed by atoms with Crippen LogP contribution in [0.3, 0.4) is 0 Å². The Labute approximate surface area is 159 Å². The van der Waals surface area contributed by atoms with Gasteiger partial charge in [0.25, 0.3) is 0 Å². The van der Waals surface area contributed by atoms with Crippen molar-refractivity contribution in [1.82, 2.24) is 34.9 Å². The predicted molar refractivity (Wildman–Crippen MR) is 101 cm³/mol. The van der Waals surface area contributed by atoms with Gasteiger partial charge >= 0.3 is 0 Å². The number of fused-ring (bicyclic) bond motifs is 2. The molecule has 140 valence electrons. The molecule has 3 N–H and O–H groups in total. The van der Waals surface area contributed by atoms with Crippen LogP contribution in [0.25, 0.3) is 28.0 Å². The van der Waals surface area contributed by atoms with Crippen LogP contribution in [0.5, 0.6) is 0 Å². The number of hydrogen-bond donors (Lipinski definition) is 2. The Balaban J connectivity index is 1.47. The van der Waals surface area contributed by atoms with Gasteiger partial charge in [-0.3, -0.25) is 9.78 Å². The number of rotatable bonds is 4. The molecule has 5 rings (SSSR count). The summed E-state index contributed by atoms with van der Waals surface area (Å²) in [4.78, 5) is 29.1. The fourth-order valence-electron chi connectivity index (χ4n) is 3.57. The number of amides is 1. The lowest BCUT2D eigenvalue weighted by Crippen LogP contribution is -2.23. The first kappa shape index (κ1) is 16.5. The van der Waals surface area contributed by atoms with E-state index in [0.29, 0.717) is 29.4 Å². The van der Waals surface area contributed by atoms with E-state index in [4.69, 9.17) is 5.73 Å². The zero-order valence-corrected chi connectivity index (χ0v) is 14.9. The van der Waals surface area contributed by atoms with Gasteiger partial charge in [-0.15, -0.1) is 5.10 Å². The minimum atomic E-state index is -0.250. The molecule has 4 heterocycles. The maximum absolute atomic E-state index is 11.4. The molecule has 4 aromatic heterocycles. The largest absolute Gasteiger partial charge is 0.369 e. The van der Waals surface area contributed by atoms with Crippen molar-refractivity contribution in [2.45, 2.75) is 25.3 Å². The number of aromatic nitrogens is 7. The summed E-state index contributed by atoms with van der Waals surface area (Å²) in [6.07, 6.45) is 5.67. The van der Waals surface area contributed by atoms with Crippen LogP contribution in [0.4, 0.5) is 5.95 Å². The van der Waals surface area contributed by atoms with Crippen molar-refractivity contribution in [2.75, 3.05) is 5.32 Å². The predicted octanol–water partition coefficient (Wildman–Crippen LogP) is 1.22. The van der Waals surface area contributed by atoms with E-state index in [2.05, 4.69) is 35.6 Å². The molecule has 0 bridgehead atoms. The monoisotopic (exact) mass is 375 g/mol. The first-order chi connectivity index (χ1) is 13.7. The van der Waals surface area contributed by atoms with Gasteiger partial charge in [-0.25, -0.2) is 9.97 Å². The van der Waals surface area contributed by atoms with Gasteiger partial charge in [-0.1, -0.05) is 5.21 Å². The summed E-state index contributed by atoms with van der Waals surface area (Å²) in [5.74, 6) is 0.722. The molecule has 1 fully saturated rings. The number of nitrogens with zero attached hydrogens (tertiary/aromatic N) is 7. The second-order valence-electron chi connectivity index (χ2n) is 6.87. The SMILES string of the molecule is NC(=O)[C@@H]1CCC(Nc2ncc3nnn(-c4ccc5ncccc5n4)c3n2)C1. The smallest absolute Gasteiger partial charge is 0.225 e. The minimum absolute atomic E-state index is 0.0937. The second kappa shape index (κ2) is 6.48. The van der Waals surface area contributed by atoms with Crippen molar-refractivity contribution in [3.05, 3.63) is 36.7 Å². The van der Waals surface area contributed by atoms with E-state index in [0.717, 1.165) is 23.9 Å². The second-order valence-corrected chi connectivity index (χ2v) is 6.87. The number of primary amides is 1. The quantitative estimate of drug-likeness (QED) is 0.543. The molecule has 1 aliphatic carbocycles. The van der Waals surface area contributed by atoms with Crippen LogP contribution < -0.4 is 11.1 Å². The zero-order chi connectivity index (χ0) is 19.1. The Bertz CT molecular complexity index is 1190. The summed E-state index contributed by atoms with van der Waals surface area (Å²) in [5.41, 5.74) is 8.10. The summed E-state index contributed by atoms with van der Waals surface area (Å²) in [7, 11) is 0. The normalized spacial score (nSPS) is 19.3. The highest BCUT2D eigenvalue weighted by Crippen LogP contribution is 2.27. The lowest BCUT2D eigenvalue weighted by atomic mass is 10.1. The molecule has 2 atom stereocenters. The molecule has 0 aromatic carbocycles. The first-order valence-electron chi connectivity index (χ1n) is 9.04. The van der Waals surface area contributed by atoms with Crippen molar-refractivity contribution in [2.24, 2.45) is 11.7 Å². The minimum Gasteiger partial charge on any atom is -0.369 e. The topological polar surface area (TPSA) is 137 Å². The molecule has 1 aliphatic rings. The third-order valence-electron chi connectivity index (χ3n) is 5.02. The van der Waals surface area contributed by atoms with Crippen LogP contribution >= 0.6 is 0 Å². The lowest BCUT2D eigenvalue weighted by Gasteiger charge is -2.12. The summed E-state index contributed by atoms with van der Waals surface area (Å²) in [6, 6.07) is 7.55. The van der Waals surface area contributed by atoms with Crippen molar-refractivity contribution in [3.63, 3.8) is 0 Å². The van der Waals surface area contributed by atoms with Crippen molar-refractivity contribution < 1.29 is 4.79 Å². The summed E-state index contributed by atoms with van der Waals surface area (Å²) < 4.78 is 1.58. The Morgan fingerprint density at radius 3 is 2.89 bits per heavy atom. The molecule has 0 radical (unpaired) electrons. The number of nitrogens with two attached hydrogens (primary N) is 1. The van der Waals surface area contributed by atoms with Gasteiger partial charge < -0.3 is 11.1 Å². The van der Waals surface area contributed by atoms with Gasteiger partial charge in [0.15, 0.2) is 17.0 Å². The molecule has 1 amide bonds. The molecule has 0 saturated heterocycles. The van der Waals surface area contributed by atoms with Crippen LogP contribution in [0, 0.1) is 5.92 Å². The number of carbonyl (C=O) groups excluding carboxylic acids is 1. The number of nitrogens with one attached hydrogen (secondary N) is 1. The Kier molecular flexibility index (Phi) is 3.81. The van der Waals surface area contributed by atoms with E-state index in [1.165, 1.54) is 0 Å². The van der Waals surface area contributed by atoms with Crippen LogP contribution in [-0.2, 0) is 4.79 Å². The molecular formula is C18H17N9O. The molecule has 10 heteroatoms. The van der Waals surface area contributed by atoms with Gasteiger partial charge in [0.2, 0.25) is 11.9 Å². The van der Waals surface area contributed by atoms with E-state index < -0.39 is 0 Å². The van der Waals surface area contributed by atoms with Gasteiger partial charge in [0, 0.05) is 18.2 Å². The van der Waals surface area contributed by atoms with E-state index in [1.807, 2.05) is 24.3 Å². The summed E-state index contributed by atoms with van der Waals surface area (Å²) in [6.45, 7) is 0. The van der Waals surface area contributed by atoms with Crippen molar-refractivity contribution >= 4 is 34.1 Å². The maximum atomic E-state index is 11.4. The molecule has 1 saturated carbocycles. The summed E-state index contributed by atoms with van der Waals surface area (Å²) in [5, 5.41) is 11.6. The van der Waals surface area contributed by atoms with Crippen molar-refractivity contribution in [1.29, 1.82) is 0 Å². The highest BCUT2D eigenvalue weighted by molar-refractivity contribution is 5.77. The third kappa shape index (κ3) is 2.88. The molecule has 10 nitrogen and oxygen atoms in total. The highest BCUT2D eigenvalue weighted by Gasteiger charge is 2.28. The van der Waals surface area contributed by atoms with E-state index >= 15 is 0 Å². The first-order valence-corrected chi connectivity index (χ1v) is 9.04. The van der Waals surface area contributed by atoms with Gasteiger partial charge in [0.05, 0.1) is 17.2 Å². The fraction of sp³-hybridized carbons (Fsp3) is 0.278. The molecule has 4 aromatic rings. The van der Waals surface area contributed by atoms with Gasteiger partial charge in [-0.2, -0.15) is 9.67 Å². The number of anilines is 1. The average molecular weight is 375 g/mol. The Morgan fingerprint density at radius 2 is 2.04 bits per heavy atom. The van der Waals surface area contributed by atoms with Crippen molar-refractivity contribution in [3.8, 4) is 5.82 Å². The number of pyridine rings is 2. The van der Waals surface area contributed by atoms with Crippen LogP contribution in [0.15, 0.2) is 36.7 Å². The molecule has 0 aliphatic heterocycles. The third-order valence-corrected chi connectivity index (χ3v) is 5.02. The van der Waals surface area contributed by atoms with Crippen LogP contribution in [0.1, 0.15) is 19.3 Å². The molecular weight excluding hydrogens is 358 g/mol. The van der Waals surface area contributed by atoms with E-state index in [1.54, 1.807) is 17.1 Å². The summed E-state index contributed by atoms with van der Waals surface area (Å²) >= 11 is 0. The van der Waals surface area contributed by atoms with E-state index in [-0.39, 0.29) is 17.9 Å². The maximum Gasteiger partial charge on any atom is 0.225 e. The Morgan fingerprint density at radius 1 is 1.11 bits per heavy atom. The Hall–Kier alpha value is -3.69. The molecule has 1 unspecified atom stereocenters. The molecule has 28 heavy (non-hydrogen) atoms. The highest BCUT2D eigenvalue weighted by atomic mass is 16.1. The number of hydrogen-bond acceptors (Lipinski definition) is 8. The van der Waals surface area contributed by atoms with E-state index in [9.17, 15) is 4.79 Å². The van der Waals surface area contributed by atoms with Gasteiger partial charge in [-0.05, 0) is 43.5 Å².